The summed E-state index contributed by atoms with van der Waals surface area (Å²) in [4.78, 5) is 4.20. The molecule has 1 aromatic rings. The average molecular weight is 207 g/mol. The Bertz CT molecular complexity index is 294. The second kappa shape index (κ2) is 5.74. The molecule has 0 aliphatic heterocycles. The molecule has 1 aromatic heterocycles. The Balaban J connectivity index is 2.50. The number of hydrogen-bond acceptors (Lipinski definition) is 2. The summed E-state index contributed by atoms with van der Waals surface area (Å²) in [5.41, 5.74) is 1.28. The molecule has 15 heavy (non-hydrogen) atoms. The van der Waals surface area contributed by atoms with Crippen LogP contribution in [-0.4, -0.2) is 11.6 Å². The van der Waals surface area contributed by atoms with Gasteiger partial charge in [0.25, 0.3) is 0 Å². The minimum absolute atomic E-state index is 0.528. The Kier molecular flexibility index (Phi) is 4.60. The van der Waals surface area contributed by atoms with E-state index in [0.717, 1.165) is 18.9 Å². The molecular weight excluding hydrogens is 186 g/mol. The Hall–Kier alpha value is -1.05. The lowest BCUT2D eigenvalue weighted by Crippen LogP contribution is -2.03. The summed E-state index contributed by atoms with van der Waals surface area (Å²) in [6.07, 6.45) is 2.90. The zero-order chi connectivity index (χ0) is 11.3. The molecule has 0 atom stereocenters. The minimum Gasteiger partial charge on any atom is -0.478 e. The van der Waals surface area contributed by atoms with Gasteiger partial charge in [-0.05, 0) is 29.9 Å². The lowest BCUT2D eigenvalue weighted by molar-refractivity contribution is 0.279. The topological polar surface area (TPSA) is 22.1 Å². The van der Waals surface area contributed by atoms with Gasteiger partial charge in [0.1, 0.15) is 0 Å². The number of hydrogen-bond donors (Lipinski definition) is 0. The van der Waals surface area contributed by atoms with E-state index in [1.54, 1.807) is 0 Å². The van der Waals surface area contributed by atoms with Crippen molar-refractivity contribution in [2.75, 3.05) is 6.61 Å². The zero-order valence-corrected chi connectivity index (χ0v) is 10.2. The van der Waals surface area contributed by atoms with Gasteiger partial charge in [-0.25, -0.2) is 4.98 Å². The largest absolute Gasteiger partial charge is 0.478 e. The summed E-state index contributed by atoms with van der Waals surface area (Å²) in [6.45, 7) is 9.50. The third-order valence-corrected chi connectivity index (χ3v) is 2.37. The van der Waals surface area contributed by atoms with Gasteiger partial charge < -0.3 is 4.74 Å². The van der Waals surface area contributed by atoms with Crippen LogP contribution in [0.2, 0.25) is 0 Å². The van der Waals surface area contributed by atoms with Crippen molar-refractivity contribution in [2.45, 2.75) is 40.0 Å². The Labute approximate surface area is 92.7 Å². The first-order valence-corrected chi connectivity index (χ1v) is 5.68. The van der Waals surface area contributed by atoms with Gasteiger partial charge in [-0.15, -0.1) is 0 Å². The quantitative estimate of drug-likeness (QED) is 0.735. The van der Waals surface area contributed by atoms with Crippen LogP contribution in [0.3, 0.4) is 0 Å². The van der Waals surface area contributed by atoms with E-state index >= 15 is 0 Å². The molecule has 0 aliphatic rings. The number of nitrogens with zero attached hydrogens (tertiary/aromatic N) is 1. The van der Waals surface area contributed by atoms with Crippen molar-refractivity contribution in [3.8, 4) is 5.88 Å². The van der Waals surface area contributed by atoms with E-state index in [1.165, 1.54) is 5.56 Å². The smallest absolute Gasteiger partial charge is 0.213 e. The molecule has 0 aliphatic carbocycles. The molecule has 0 saturated heterocycles. The van der Waals surface area contributed by atoms with Crippen LogP contribution in [0.4, 0.5) is 0 Å². The molecule has 0 unspecified atom stereocenters. The Morgan fingerprint density at radius 3 is 2.60 bits per heavy atom. The first-order valence-electron chi connectivity index (χ1n) is 5.68. The monoisotopic (exact) mass is 207 g/mol. The fourth-order valence-electron chi connectivity index (χ4n) is 1.26. The van der Waals surface area contributed by atoms with Gasteiger partial charge in [0.2, 0.25) is 5.88 Å². The molecule has 0 radical (unpaired) electrons. The molecule has 2 heteroatoms. The molecule has 0 bridgehead atoms. The third kappa shape index (κ3) is 4.32. The standard InChI is InChI=1S/C13H21NO/c1-10(2)6-8-15-13-9-12(11(3)4)5-7-14-13/h5,7,9-11H,6,8H2,1-4H3. The van der Waals surface area contributed by atoms with Crippen LogP contribution in [0.15, 0.2) is 18.3 Å². The highest BCUT2D eigenvalue weighted by atomic mass is 16.5. The molecule has 0 spiro atoms. The highest BCUT2D eigenvalue weighted by Crippen LogP contribution is 2.17. The maximum atomic E-state index is 5.60. The first kappa shape index (κ1) is 12.0. The van der Waals surface area contributed by atoms with Gasteiger partial charge in [0.05, 0.1) is 6.61 Å². The fourth-order valence-corrected chi connectivity index (χ4v) is 1.26. The van der Waals surface area contributed by atoms with Crippen molar-refractivity contribution < 1.29 is 4.74 Å². The third-order valence-electron chi connectivity index (χ3n) is 2.37. The fraction of sp³-hybridized carbons (Fsp3) is 0.615. The van der Waals surface area contributed by atoms with E-state index in [2.05, 4.69) is 32.7 Å². The van der Waals surface area contributed by atoms with E-state index in [1.807, 2.05) is 18.3 Å². The van der Waals surface area contributed by atoms with Crippen LogP contribution >= 0.6 is 0 Å². The summed E-state index contributed by atoms with van der Waals surface area (Å²) in [5.74, 6) is 1.96. The van der Waals surface area contributed by atoms with Gasteiger partial charge in [-0.1, -0.05) is 27.7 Å². The second-order valence-electron chi connectivity index (χ2n) is 4.61. The van der Waals surface area contributed by atoms with Crippen molar-refractivity contribution in [1.29, 1.82) is 0 Å². The van der Waals surface area contributed by atoms with Crippen LogP contribution in [0.5, 0.6) is 5.88 Å². The number of aromatic nitrogens is 1. The summed E-state index contributed by atoms with van der Waals surface area (Å²) in [5, 5.41) is 0. The molecule has 0 saturated carbocycles. The van der Waals surface area contributed by atoms with E-state index in [9.17, 15) is 0 Å². The van der Waals surface area contributed by atoms with Crippen LogP contribution in [0.1, 0.15) is 45.6 Å². The molecule has 84 valence electrons. The maximum Gasteiger partial charge on any atom is 0.213 e. The van der Waals surface area contributed by atoms with Crippen molar-refractivity contribution >= 4 is 0 Å². The van der Waals surface area contributed by atoms with Crippen LogP contribution in [-0.2, 0) is 0 Å². The molecule has 1 rings (SSSR count). The van der Waals surface area contributed by atoms with E-state index in [-0.39, 0.29) is 0 Å². The maximum absolute atomic E-state index is 5.60. The summed E-state index contributed by atoms with van der Waals surface area (Å²) >= 11 is 0. The highest BCUT2D eigenvalue weighted by molar-refractivity contribution is 5.22. The van der Waals surface area contributed by atoms with Gasteiger partial charge >= 0.3 is 0 Å². The number of rotatable bonds is 5. The molecule has 0 N–H and O–H groups in total. The second-order valence-corrected chi connectivity index (χ2v) is 4.61. The van der Waals surface area contributed by atoms with Gasteiger partial charge in [0.15, 0.2) is 0 Å². The first-order chi connectivity index (χ1) is 7.09. The predicted octanol–water partition coefficient (Wildman–Crippen LogP) is 3.63. The SMILES string of the molecule is CC(C)CCOc1cc(C(C)C)ccn1. The molecular formula is C13H21NO. The van der Waals surface area contributed by atoms with E-state index in [0.29, 0.717) is 11.8 Å². The molecule has 0 aromatic carbocycles. The van der Waals surface area contributed by atoms with Crippen LogP contribution < -0.4 is 4.74 Å². The predicted molar refractivity (Wildman–Crippen MR) is 63.3 cm³/mol. The zero-order valence-electron chi connectivity index (χ0n) is 10.2. The van der Waals surface area contributed by atoms with Crippen molar-refractivity contribution in [2.24, 2.45) is 5.92 Å². The summed E-state index contributed by atoms with van der Waals surface area (Å²) in [6, 6.07) is 4.07. The van der Waals surface area contributed by atoms with Crippen molar-refractivity contribution in [3.05, 3.63) is 23.9 Å². The minimum atomic E-state index is 0.528. The Morgan fingerprint density at radius 2 is 2.00 bits per heavy atom. The average Bonchev–Trinajstić information content (AvgIpc) is 2.17. The Morgan fingerprint density at radius 1 is 1.27 bits per heavy atom. The summed E-state index contributed by atoms with van der Waals surface area (Å²) < 4.78 is 5.60. The van der Waals surface area contributed by atoms with Crippen LogP contribution in [0, 0.1) is 5.92 Å². The lowest BCUT2D eigenvalue weighted by Gasteiger charge is -2.09. The molecule has 1 heterocycles. The highest BCUT2D eigenvalue weighted by Gasteiger charge is 2.02. The van der Waals surface area contributed by atoms with Gasteiger partial charge in [-0.2, -0.15) is 0 Å². The van der Waals surface area contributed by atoms with Crippen molar-refractivity contribution in [1.82, 2.24) is 4.98 Å². The molecule has 0 amide bonds. The van der Waals surface area contributed by atoms with Gasteiger partial charge in [-0.3, -0.25) is 0 Å². The van der Waals surface area contributed by atoms with Crippen LogP contribution in [0.25, 0.3) is 0 Å². The molecule has 2 nitrogen and oxygen atoms in total. The number of pyridine rings is 1. The lowest BCUT2D eigenvalue weighted by atomic mass is 10.1. The molecule has 0 fully saturated rings. The normalized spacial score (nSPS) is 11.1. The summed E-state index contributed by atoms with van der Waals surface area (Å²) in [7, 11) is 0. The van der Waals surface area contributed by atoms with E-state index < -0.39 is 0 Å². The van der Waals surface area contributed by atoms with Crippen molar-refractivity contribution in [3.63, 3.8) is 0 Å². The van der Waals surface area contributed by atoms with E-state index in [4.69, 9.17) is 4.74 Å². The number of ether oxygens (including phenoxy) is 1. The van der Waals surface area contributed by atoms with Gasteiger partial charge in [0, 0.05) is 12.3 Å².